The summed E-state index contributed by atoms with van der Waals surface area (Å²) in [7, 11) is 0. The van der Waals surface area contributed by atoms with E-state index >= 15 is 0 Å². The van der Waals surface area contributed by atoms with Crippen LogP contribution in [0, 0.1) is 12.7 Å². The largest absolute Gasteiger partial charge is 0.352 e. The molecular weight excluding hydrogens is 473 g/mol. The molecule has 3 heterocycles. The zero-order valence-corrected chi connectivity index (χ0v) is 20.6. The molecule has 0 spiro atoms. The average molecular weight is 500 g/mol. The number of carbonyl (C=O) groups excluding carboxylic acids is 1. The van der Waals surface area contributed by atoms with Crippen LogP contribution in [0.4, 0.5) is 10.1 Å². The molecule has 0 unspecified atom stereocenters. The van der Waals surface area contributed by atoms with E-state index in [-0.39, 0.29) is 30.2 Å². The van der Waals surface area contributed by atoms with Gasteiger partial charge in [0, 0.05) is 42.4 Å². The van der Waals surface area contributed by atoms with Crippen molar-refractivity contribution in [2.75, 3.05) is 11.9 Å². The molecule has 1 aliphatic heterocycles. The molecule has 6 nitrogen and oxygen atoms in total. The maximum absolute atomic E-state index is 14.0. The molecule has 2 atom stereocenters. The van der Waals surface area contributed by atoms with Crippen molar-refractivity contribution < 1.29 is 9.18 Å². The van der Waals surface area contributed by atoms with E-state index in [2.05, 4.69) is 15.6 Å². The fourth-order valence-corrected chi connectivity index (χ4v) is 4.88. The standard InChI is InChI=1S/C28H26FN5OS/c1-19-10-12-21(13-11-19)31-25(35)14-17-34-27(26(32-28(34)36)23-8-2-3-15-30-23)24-9-5-16-33(24)22-7-4-6-20(29)18-22/h2-13,15-16,18,26-27H,14,17H2,1H3,(H,31,35)(H,32,36)/t26-,27+/m0/s1. The van der Waals surface area contributed by atoms with Crippen LogP contribution in [0.25, 0.3) is 5.69 Å². The Balaban J connectivity index is 1.44. The highest BCUT2D eigenvalue weighted by atomic mass is 32.1. The first-order valence-electron chi connectivity index (χ1n) is 11.8. The number of hydrogen-bond donors (Lipinski definition) is 2. The zero-order chi connectivity index (χ0) is 25.1. The maximum Gasteiger partial charge on any atom is 0.226 e. The Morgan fingerprint density at radius 3 is 2.67 bits per heavy atom. The summed E-state index contributed by atoms with van der Waals surface area (Å²) in [4.78, 5) is 19.4. The molecule has 0 bridgehead atoms. The monoisotopic (exact) mass is 499 g/mol. The number of pyridine rings is 1. The molecule has 182 valence electrons. The lowest BCUT2D eigenvalue weighted by Gasteiger charge is -2.28. The van der Waals surface area contributed by atoms with Crippen LogP contribution >= 0.6 is 12.2 Å². The molecule has 1 amide bonds. The second-order valence-electron chi connectivity index (χ2n) is 8.77. The number of hydrogen-bond acceptors (Lipinski definition) is 3. The molecule has 36 heavy (non-hydrogen) atoms. The maximum atomic E-state index is 14.0. The molecule has 1 fully saturated rings. The van der Waals surface area contributed by atoms with Gasteiger partial charge < -0.3 is 20.1 Å². The van der Waals surface area contributed by atoms with Crippen LogP contribution in [0.2, 0.25) is 0 Å². The van der Waals surface area contributed by atoms with Crippen molar-refractivity contribution in [2.45, 2.75) is 25.4 Å². The minimum absolute atomic E-state index is 0.0952. The number of anilines is 1. The molecule has 2 aromatic carbocycles. The van der Waals surface area contributed by atoms with Gasteiger partial charge in [0.05, 0.1) is 17.8 Å². The van der Waals surface area contributed by atoms with E-state index in [0.29, 0.717) is 17.3 Å². The van der Waals surface area contributed by atoms with Crippen molar-refractivity contribution in [1.29, 1.82) is 0 Å². The first kappa shape index (κ1) is 23.7. The Bertz CT molecular complexity index is 1370. The van der Waals surface area contributed by atoms with E-state index in [9.17, 15) is 9.18 Å². The number of aryl methyl sites for hydroxylation is 1. The van der Waals surface area contributed by atoms with Gasteiger partial charge >= 0.3 is 0 Å². The third-order valence-electron chi connectivity index (χ3n) is 6.28. The summed E-state index contributed by atoms with van der Waals surface area (Å²) >= 11 is 5.73. The van der Waals surface area contributed by atoms with Crippen molar-refractivity contribution in [2.24, 2.45) is 0 Å². The zero-order valence-electron chi connectivity index (χ0n) is 19.8. The van der Waals surface area contributed by atoms with E-state index < -0.39 is 0 Å². The van der Waals surface area contributed by atoms with Crippen LogP contribution in [0.15, 0.2) is 91.3 Å². The Morgan fingerprint density at radius 2 is 1.92 bits per heavy atom. The van der Waals surface area contributed by atoms with Gasteiger partial charge in [-0.2, -0.15) is 0 Å². The van der Waals surface area contributed by atoms with Gasteiger partial charge in [-0.3, -0.25) is 9.78 Å². The minimum atomic E-state index is -0.307. The number of aromatic nitrogens is 2. The number of rotatable bonds is 7. The van der Waals surface area contributed by atoms with Crippen LogP contribution in [-0.4, -0.2) is 32.0 Å². The molecule has 1 aliphatic rings. The Kier molecular flexibility index (Phi) is 6.77. The van der Waals surface area contributed by atoms with Crippen molar-refractivity contribution in [3.05, 3.63) is 114 Å². The van der Waals surface area contributed by atoms with Gasteiger partial charge in [-0.15, -0.1) is 0 Å². The smallest absolute Gasteiger partial charge is 0.226 e. The molecule has 0 radical (unpaired) electrons. The molecular formula is C28H26FN5OS. The van der Waals surface area contributed by atoms with E-state index in [1.807, 2.05) is 83.3 Å². The second-order valence-corrected chi connectivity index (χ2v) is 9.15. The van der Waals surface area contributed by atoms with Crippen LogP contribution < -0.4 is 10.6 Å². The first-order chi connectivity index (χ1) is 17.5. The summed E-state index contributed by atoms with van der Waals surface area (Å²) in [6.07, 6.45) is 3.91. The van der Waals surface area contributed by atoms with E-state index in [1.165, 1.54) is 12.1 Å². The van der Waals surface area contributed by atoms with Crippen molar-refractivity contribution in [1.82, 2.24) is 19.8 Å². The molecule has 8 heteroatoms. The summed E-state index contributed by atoms with van der Waals surface area (Å²) in [5.41, 5.74) is 4.36. The van der Waals surface area contributed by atoms with Gasteiger partial charge in [-0.1, -0.05) is 29.8 Å². The third-order valence-corrected chi connectivity index (χ3v) is 6.63. The van der Waals surface area contributed by atoms with Gasteiger partial charge in [0.15, 0.2) is 5.11 Å². The SMILES string of the molecule is Cc1ccc(NC(=O)CCN2C(=S)N[C@@H](c3ccccn3)[C@H]2c2cccn2-c2cccc(F)c2)cc1. The number of amides is 1. The second kappa shape index (κ2) is 10.3. The number of carbonyl (C=O) groups is 1. The lowest BCUT2D eigenvalue weighted by Crippen LogP contribution is -2.33. The highest BCUT2D eigenvalue weighted by Gasteiger charge is 2.41. The van der Waals surface area contributed by atoms with Crippen molar-refractivity contribution >= 4 is 28.9 Å². The van der Waals surface area contributed by atoms with Gasteiger partial charge in [0.1, 0.15) is 5.82 Å². The van der Waals surface area contributed by atoms with Crippen LogP contribution in [0.5, 0.6) is 0 Å². The van der Waals surface area contributed by atoms with Gasteiger partial charge in [0.25, 0.3) is 0 Å². The predicted octanol–water partition coefficient (Wildman–Crippen LogP) is 5.32. The van der Waals surface area contributed by atoms with Crippen molar-refractivity contribution in [3.8, 4) is 5.69 Å². The molecule has 4 aromatic rings. The van der Waals surface area contributed by atoms with E-state index in [1.54, 1.807) is 12.3 Å². The average Bonchev–Trinajstić information content (AvgIpc) is 3.49. The third kappa shape index (κ3) is 4.99. The highest BCUT2D eigenvalue weighted by molar-refractivity contribution is 7.80. The van der Waals surface area contributed by atoms with E-state index in [4.69, 9.17) is 12.2 Å². The van der Waals surface area contributed by atoms with E-state index in [0.717, 1.165) is 22.6 Å². The topological polar surface area (TPSA) is 62.2 Å². The van der Waals surface area contributed by atoms with Gasteiger partial charge in [-0.05, 0) is 73.7 Å². The lowest BCUT2D eigenvalue weighted by molar-refractivity contribution is -0.116. The predicted molar refractivity (Wildman–Crippen MR) is 142 cm³/mol. The molecule has 0 saturated carbocycles. The Labute approximate surface area is 214 Å². The first-order valence-corrected chi connectivity index (χ1v) is 12.2. The summed E-state index contributed by atoms with van der Waals surface area (Å²) in [5.74, 6) is -0.402. The highest BCUT2D eigenvalue weighted by Crippen LogP contribution is 2.39. The van der Waals surface area contributed by atoms with Crippen LogP contribution in [-0.2, 0) is 4.79 Å². The molecule has 2 aromatic heterocycles. The fraction of sp³-hybridized carbons (Fsp3) is 0.179. The molecule has 1 saturated heterocycles. The summed E-state index contributed by atoms with van der Waals surface area (Å²) in [6.45, 7) is 2.41. The normalized spacial score (nSPS) is 17.2. The Morgan fingerprint density at radius 1 is 1.08 bits per heavy atom. The number of halogens is 1. The minimum Gasteiger partial charge on any atom is -0.352 e. The van der Waals surface area contributed by atoms with Crippen LogP contribution in [0.3, 0.4) is 0 Å². The summed E-state index contributed by atoms with van der Waals surface area (Å²) in [5, 5.41) is 6.91. The molecule has 0 aliphatic carbocycles. The number of benzene rings is 2. The number of nitrogens with zero attached hydrogens (tertiary/aromatic N) is 3. The number of nitrogens with one attached hydrogen (secondary N) is 2. The van der Waals surface area contributed by atoms with Gasteiger partial charge in [-0.25, -0.2) is 4.39 Å². The Hall–Kier alpha value is -4.04. The molecule has 2 N–H and O–H groups in total. The summed E-state index contributed by atoms with van der Waals surface area (Å²) < 4.78 is 16.0. The van der Waals surface area contributed by atoms with Crippen molar-refractivity contribution in [3.63, 3.8) is 0 Å². The number of thiocarbonyl (C=S) groups is 1. The lowest BCUT2D eigenvalue weighted by atomic mass is 10.0. The fourth-order valence-electron chi connectivity index (χ4n) is 4.55. The molecule has 5 rings (SSSR count). The van der Waals surface area contributed by atoms with Crippen LogP contribution in [0.1, 0.15) is 35.5 Å². The van der Waals surface area contributed by atoms with Gasteiger partial charge in [0.2, 0.25) is 5.91 Å². The quantitative estimate of drug-likeness (QED) is 0.337. The summed E-state index contributed by atoms with van der Waals surface area (Å²) in [6, 6.07) is 23.4.